The van der Waals surface area contributed by atoms with Crippen molar-refractivity contribution in [2.24, 2.45) is 5.41 Å². The summed E-state index contributed by atoms with van der Waals surface area (Å²) in [6.45, 7) is 12.9. The predicted molar refractivity (Wildman–Crippen MR) is 82.1 cm³/mol. The Morgan fingerprint density at radius 3 is 2.60 bits per heavy atom. The molecule has 1 N–H and O–H groups in total. The van der Waals surface area contributed by atoms with Gasteiger partial charge in [0, 0.05) is 32.2 Å². The summed E-state index contributed by atoms with van der Waals surface area (Å²) in [6.07, 6.45) is 5.43. The molecule has 1 atom stereocenters. The van der Waals surface area contributed by atoms with Crippen molar-refractivity contribution in [3.05, 3.63) is 0 Å². The van der Waals surface area contributed by atoms with Crippen LogP contribution in [0.25, 0.3) is 0 Å². The van der Waals surface area contributed by atoms with Crippen molar-refractivity contribution in [2.75, 3.05) is 59.0 Å². The van der Waals surface area contributed by atoms with Crippen molar-refractivity contribution >= 4 is 0 Å². The van der Waals surface area contributed by atoms with Crippen LogP contribution >= 0.6 is 0 Å². The lowest BCUT2D eigenvalue weighted by Crippen LogP contribution is -2.47. The fourth-order valence-corrected chi connectivity index (χ4v) is 4.25. The van der Waals surface area contributed by atoms with Gasteiger partial charge < -0.3 is 15.0 Å². The number of nitrogens with zero attached hydrogens (tertiary/aromatic N) is 2. The van der Waals surface area contributed by atoms with E-state index in [-0.39, 0.29) is 0 Å². The molecule has 20 heavy (non-hydrogen) atoms. The molecule has 3 aliphatic rings. The van der Waals surface area contributed by atoms with E-state index in [4.69, 9.17) is 4.74 Å². The van der Waals surface area contributed by atoms with E-state index in [2.05, 4.69) is 22.0 Å². The summed E-state index contributed by atoms with van der Waals surface area (Å²) in [5, 5.41) is 3.52. The van der Waals surface area contributed by atoms with Gasteiger partial charge in [0.05, 0.1) is 13.2 Å². The largest absolute Gasteiger partial charge is 0.379 e. The number of likely N-dealkylation sites (tertiary alicyclic amines) is 1. The monoisotopic (exact) mass is 281 g/mol. The predicted octanol–water partition coefficient (Wildman–Crippen LogP) is 1.17. The lowest BCUT2D eigenvalue weighted by molar-refractivity contribution is 0.0170. The fraction of sp³-hybridized carbons (Fsp3) is 1.00. The molecular weight excluding hydrogens is 250 g/mol. The maximum Gasteiger partial charge on any atom is 0.0594 e. The Morgan fingerprint density at radius 2 is 1.90 bits per heavy atom. The lowest BCUT2D eigenvalue weighted by atomic mass is 9.76. The Morgan fingerprint density at radius 1 is 1.15 bits per heavy atom. The zero-order chi connectivity index (χ0) is 13.8. The van der Waals surface area contributed by atoms with Crippen molar-refractivity contribution in [3.63, 3.8) is 0 Å². The van der Waals surface area contributed by atoms with Crippen molar-refractivity contribution in [2.45, 2.75) is 38.6 Å². The molecule has 0 aromatic rings. The van der Waals surface area contributed by atoms with E-state index in [9.17, 15) is 0 Å². The molecule has 0 amide bonds. The Balaban J connectivity index is 1.51. The van der Waals surface area contributed by atoms with E-state index in [0.717, 1.165) is 32.3 Å². The number of hydrogen-bond acceptors (Lipinski definition) is 4. The van der Waals surface area contributed by atoms with E-state index < -0.39 is 0 Å². The van der Waals surface area contributed by atoms with E-state index in [0.29, 0.717) is 5.41 Å². The van der Waals surface area contributed by atoms with Crippen LogP contribution in [0.1, 0.15) is 32.6 Å². The van der Waals surface area contributed by atoms with Gasteiger partial charge in [-0.25, -0.2) is 0 Å². The van der Waals surface area contributed by atoms with Gasteiger partial charge in [0.25, 0.3) is 0 Å². The fourth-order valence-electron chi connectivity index (χ4n) is 4.25. The Bertz CT molecular complexity index is 298. The summed E-state index contributed by atoms with van der Waals surface area (Å²) in [4.78, 5) is 5.40. The number of nitrogens with one attached hydrogen (secondary N) is 1. The van der Waals surface area contributed by atoms with Gasteiger partial charge in [-0.1, -0.05) is 6.92 Å². The third-order valence-electron chi connectivity index (χ3n) is 5.78. The van der Waals surface area contributed by atoms with Crippen molar-refractivity contribution in [1.82, 2.24) is 15.1 Å². The van der Waals surface area contributed by atoms with Crippen LogP contribution in [0.3, 0.4) is 0 Å². The molecule has 4 nitrogen and oxygen atoms in total. The van der Waals surface area contributed by atoms with Gasteiger partial charge >= 0.3 is 0 Å². The number of morpholine rings is 1. The average Bonchev–Trinajstić information content (AvgIpc) is 2.97. The number of ether oxygens (including phenoxy) is 1. The molecule has 3 heterocycles. The zero-order valence-corrected chi connectivity index (χ0v) is 13.1. The minimum Gasteiger partial charge on any atom is -0.379 e. The standard InChI is InChI=1S/C16H31N3O/c1-2-16(4-6-17-7-5-16)14-18-8-3-15(13-18)19-9-11-20-12-10-19/h15,17H,2-14H2,1H3. The Labute approximate surface area is 123 Å². The summed E-state index contributed by atoms with van der Waals surface area (Å²) in [6, 6.07) is 0.787. The molecule has 3 rings (SSSR count). The van der Waals surface area contributed by atoms with E-state index in [1.807, 2.05) is 0 Å². The molecule has 3 aliphatic heterocycles. The van der Waals surface area contributed by atoms with E-state index in [1.54, 1.807) is 0 Å². The number of hydrogen-bond donors (Lipinski definition) is 1. The average molecular weight is 281 g/mol. The normalized spacial score (nSPS) is 32.5. The molecule has 116 valence electrons. The molecule has 3 saturated heterocycles. The first-order valence-corrected chi connectivity index (χ1v) is 8.56. The van der Waals surface area contributed by atoms with Crippen molar-refractivity contribution in [1.29, 1.82) is 0 Å². The quantitative estimate of drug-likeness (QED) is 0.837. The zero-order valence-electron chi connectivity index (χ0n) is 13.1. The molecular formula is C16H31N3O. The SMILES string of the molecule is CCC1(CN2CCC(N3CCOCC3)C2)CCNCC1. The molecule has 0 bridgehead atoms. The van der Waals surface area contributed by atoms with Crippen LogP contribution in [-0.4, -0.2) is 74.9 Å². The second kappa shape index (κ2) is 6.73. The highest BCUT2D eigenvalue weighted by Crippen LogP contribution is 2.34. The summed E-state index contributed by atoms with van der Waals surface area (Å²) in [5.74, 6) is 0. The molecule has 0 radical (unpaired) electrons. The highest BCUT2D eigenvalue weighted by molar-refractivity contribution is 4.91. The van der Waals surface area contributed by atoms with Gasteiger partial charge in [-0.3, -0.25) is 4.90 Å². The first-order valence-electron chi connectivity index (χ1n) is 8.56. The summed E-state index contributed by atoms with van der Waals surface area (Å²) in [7, 11) is 0. The van der Waals surface area contributed by atoms with Gasteiger partial charge in [0.2, 0.25) is 0 Å². The molecule has 0 aliphatic carbocycles. The van der Waals surface area contributed by atoms with Gasteiger partial charge in [-0.05, 0) is 50.7 Å². The first kappa shape index (κ1) is 14.8. The van der Waals surface area contributed by atoms with Gasteiger partial charge in [-0.2, -0.15) is 0 Å². The third kappa shape index (κ3) is 3.35. The van der Waals surface area contributed by atoms with Crippen LogP contribution in [0.15, 0.2) is 0 Å². The Hall–Kier alpha value is -0.160. The van der Waals surface area contributed by atoms with Gasteiger partial charge in [-0.15, -0.1) is 0 Å². The molecule has 0 spiro atoms. The van der Waals surface area contributed by atoms with Gasteiger partial charge in [0.1, 0.15) is 0 Å². The molecule has 0 aromatic carbocycles. The highest BCUT2D eigenvalue weighted by atomic mass is 16.5. The smallest absolute Gasteiger partial charge is 0.0594 e. The van der Waals surface area contributed by atoms with Crippen LogP contribution in [-0.2, 0) is 4.74 Å². The van der Waals surface area contributed by atoms with Gasteiger partial charge in [0.15, 0.2) is 0 Å². The van der Waals surface area contributed by atoms with E-state index in [1.165, 1.54) is 58.4 Å². The van der Waals surface area contributed by atoms with Crippen LogP contribution in [0.5, 0.6) is 0 Å². The summed E-state index contributed by atoms with van der Waals surface area (Å²) >= 11 is 0. The highest BCUT2D eigenvalue weighted by Gasteiger charge is 2.36. The van der Waals surface area contributed by atoms with Crippen molar-refractivity contribution in [3.8, 4) is 0 Å². The third-order valence-corrected chi connectivity index (χ3v) is 5.78. The van der Waals surface area contributed by atoms with E-state index >= 15 is 0 Å². The summed E-state index contributed by atoms with van der Waals surface area (Å²) < 4.78 is 5.48. The maximum atomic E-state index is 5.48. The number of piperidine rings is 1. The molecule has 0 saturated carbocycles. The first-order chi connectivity index (χ1) is 9.81. The Kier molecular flexibility index (Phi) is 4.97. The van der Waals surface area contributed by atoms with Crippen LogP contribution in [0, 0.1) is 5.41 Å². The minimum absolute atomic E-state index is 0.588. The van der Waals surface area contributed by atoms with Crippen molar-refractivity contribution < 1.29 is 4.74 Å². The van der Waals surface area contributed by atoms with Crippen LogP contribution < -0.4 is 5.32 Å². The minimum atomic E-state index is 0.588. The maximum absolute atomic E-state index is 5.48. The molecule has 0 aromatic heterocycles. The number of rotatable bonds is 4. The molecule has 4 heteroatoms. The lowest BCUT2D eigenvalue weighted by Gasteiger charge is -2.40. The molecule has 1 unspecified atom stereocenters. The second-order valence-corrected chi connectivity index (χ2v) is 6.93. The summed E-state index contributed by atoms with van der Waals surface area (Å²) in [5.41, 5.74) is 0.588. The van der Waals surface area contributed by atoms with Crippen LogP contribution in [0.4, 0.5) is 0 Å². The topological polar surface area (TPSA) is 27.7 Å². The van der Waals surface area contributed by atoms with Crippen LogP contribution in [0.2, 0.25) is 0 Å². The second-order valence-electron chi connectivity index (χ2n) is 6.93. The molecule has 3 fully saturated rings.